The number of hydrogen-bond acceptors (Lipinski definition) is 5. The fraction of sp³-hybridized carbons (Fsp3) is 0.300. The third-order valence-electron chi connectivity index (χ3n) is 5.77. The van der Waals surface area contributed by atoms with Crippen molar-refractivity contribution in [1.82, 2.24) is 10.6 Å². The van der Waals surface area contributed by atoms with Gasteiger partial charge < -0.3 is 25.8 Å². The van der Waals surface area contributed by atoms with Crippen LogP contribution in [0.3, 0.4) is 0 Å². The summed E-state index contributed by atoms with van der Waals surface area (Å²) in [5.74, 6) is -0.438. The van der Waals surface area contributed by atoms with Gasteiger partial charge in [-0.15, -0.1) is 0 Å². The molecule has 200 valence electrons. The third-order valence-corrected chi connectivity index (χ3v) is 5.77. The van der Waals surface area contributed by atoms with E-state index in [-0.39, 0.29) is 18.9 Å². The minimum absolute atomic E-state index is 0.0787. The summed E-state index contributed by atoms with van der Waals surface area (Å²) in [5.41, 5.74) is 8.26. The average Bonchev–Trinajstić information content (AvgIpc) is 2.91. The number of nitrogens with two attached hydrogens (primary N) is 1. The quantitative estimate of drug-likeness (QED) is 0.315. The van der Waals surface area contributed by atoms with Gasteiger partial charge in [-0.2, -0.15) is 0 Å². The van der Waals surface area contributed by atoms with Crippen molar-refractivity contribution in [1.29, 1.82) is 0 Å². The highest BCUT2D eigenvalue weighted by atomic mass is 16.5. The first-order valence-corrected chi connectivity index (χ1v) is 12.6. The molecule has 3 rings (SSSR count). The molecule has 0 unspecified atom stereocenters. The first-order valence-electron chi connectivity index (χ1n) is 12.6. The minimum Gasteiger partial charge on any atom is -0.489 e. The summed E-state index contributed by atoms with van der Waals surface area (Å²) in [5, 5.41) is 5.32. The number of amides is 3. The molecule has 0 spiro atoms. The first kappa shape index (κ1) is 28.2. The van der Waals surface area contributed by atoms with Crippen LogP contribution in [-0.2, 0) is 34.0 Å². The van der Waals surface area contributed by atoms with Gasteiger partial charge in [-0.3, -0.25) is 9.59 Å². The lowest BCUT2D eigenvalue weighted by Crippen LogP contribution is -2.54. The maximum atomic E-state index is 13.1. The smallest absolute Gasteiger partial charge is 0.408 e. The van der Waals surface area contributed by atoms with Gasteiger partial charge in [0, 0.05) is 6.42 Å². The molecule has 8 heteroatoms. The van der Waals surface area contributed by atoms with Crippen LogP contribution in [0.5, 0.6) is 5.75 Å². The van der Waals surface area contributed by atoms with Crippen molar-refractivity contribution in [2.75, 3.05) is 0 Å². The largest absolute Gasteiger partial charge is 0.489 e. The lowest BCUT2D eigenvalue weighted by molar-refractivity contribution is -0.128. The summed E-state index contributed by atoms with van der Waals surface area (Å²) in [7, 11) is 0. The Morgan fingerprint density at radius 3 is 1.97 bits per heavy atom. The van der Waals surface area contributed by atoms with E-state index in [1.165, 1.54) is 0 Å². The molecule has 0 heterocycles. The predicted octanol–water partition coefficient (Wildman–Crippen LogP) is 4.12. The van der Waals surface area contributed by atoms with E-state index in [4.69, 9.17) is 15.2 Å². The summed E-state index contributed by atoms with van der Waals surface area (Å²) in [6.07, 6.45) is -0.176. The minimum atomic E-state index is -0.969. The molecular weight excluding hydrogens is 482 g/mol. The summed E-state index contributed by atoms with van der Waals surface area (Å²) >= 11 is 0. The number of primary amides is 1. The molecule has 0 bridgehead atoms. The average molecular weight is 518 g/mol. The van der Waals surface area contributed by atoms with Crippen molar-refractivity contribution in [3.05, 3.63) is 102 Å². The van der Waals surface area contributed by atoms with E-state index < -0.39 is 30.0 Å². The van der Waals surface area contributed by atoms with Crippen LogP contribution < -0.4 is 21.1 Å². The molecule has 0 aliphatic heterocycles. The van der Waals surface area contributed by atoms with Crippen LogP contribution in [0.25, 0.3) is 0 Å². The Morgan fingerprint density at radius 1 is 0.763 bits per heavy atom. The van der Waals surface area contributed by atoms with E-state index in [0.29, 0.717) is 18.8 Å². The second-order valence-electron chi connectivity index (χ2n) is 9.48. The molecule has 38 heavy (non-hydrogen) atoms. The molecule has 0 aromatic heterocycles. The predicted molar refractivity (Wildman–Crippen MR) is 145 cm³/mol. The van der Waals surface area contributed by atoms with Crippen molar-refractivity contribution in [3.8, 4) is 5.75 Å². The summed E-state index contributed by atoms with van der Waals surface area (Å²) < 4.78 is 11.1. The molecule has 0 aliphatic rings. The lowest BCUT2D eigenvalue weighted by atomic mass is 10.0. The van der Waals surface area contributed by atoms with Gasteiger partial charge in [-0.1, -0.05) is 86.6 Å². The summed E-state index contributed by atoms with van der Waals surface area (Å²) in [6, 6.07) is 24.5. The molecule has 3 aromatic rings. The van der Waals surface area contributed by atoms with Crippen LogP contribution in [0.15, 0.2) is 84.9 Å². The number of hydrogen-bond donors (Lipinski definition) is 3. The van der Waals surface area contributed by atoms with Crippen molar-refractivity contribution in [3.63, 3.8) is 0 Å². The second-order valence-corrected chi connectivity index (χ2v) is 9.48. The van der Waals surface area contributed by atoms with Gasteiger partial charge in [0.25, 0.3) is 0 Å². The number of alkyl carbamates (subject to hydrolysis) is 1. The highest BCUT2D eigenvalue weighted by Gasteiger charge is 2.27. The van der Waals surface area contributed by atoms with E-state index in [2.05, 4.69) is 10.6 Å². The molecule has 3 aromatic carbocycles. The number of nitrogens with one attached hydrogen (secondary N) is 2. The Morgan fingerprint density at radius 2 is 1.37 bits per heavy atom. The molecule has 4 N–H and O–H groups in total. The molecule has 0 saturated heterocycles. The van der Waals surface area contributed by atoms with Crippen molar-refractivity contribution >= 4 is 17.9 Å². The van der Waals surface area contributed by atoms with Gasteiger partial charge in [0.2, 0.25) is 11.8 Å². The van der Waals surface area contributed by atoms with Gasteiger partial charge in [-0.05, 0) is 41.2 Å². The van der Waals surface area contributed by atoms with E-state index in [0.717, 1.165) is 16.7 Å². The molecular formula is C30H35N3O5. The van der Waals surface area contributed by atoms with E-state index in [1.54, 1.807) is 0 Å². The second kappa shape index (κ2) is 14.4. The molecule has 0 aliphatic carbocycles. The fourth-order valence-electron chi connectivity index (χ4n) is 3.84. The van der Waals surface area contributed by atoms with Crippen LogP contribution in [0.4, 0.5) is 4.79 Å². The van der Waals surface area contributed by atoms with Crippen molar-refractivity contribution in [2.45, 2.75) is 52.0 Å². The van der Waals surface area contributed by atoms with Gasteiger partial charge in [0.1, 0.15) is 31.0 Å². The fourth-order valence-corrected chi connectivity index (χ4v) is 3.84. The number of rotatable bonds is 13. The molecule has 8 nitrogen and oxygen atoms in total. The zero-order valence-corrected chi connectivity index (χ0v) is 21.8. The SMILES string of the molecule is CC(C)C[C@H](NC(=O)OCc1ccccc1)C(=O)N[C@@H](Cc1cccc(OCc2ccccc2)c1)C(N)=O. The van der Waals surface area contributed by atoms with Crippen LogP contribution >= 0.6 is 0 Å². The van der Waals surface area contributed by atoms with Crippen LogP contribution in [0.2, 0.25) is 0 Å². The Bertz CT molecular complexity index is 1180. The van der Waals surface area contributed by atoms with E-state index in [1.807, 2.05) is 98.8 Å². The van der Waals surface area contributed by atoms with Crippen LogP contribution in [0.1, 0.15) is 37.0 Å². The summed E-state index contributed by atoms with van der Waals surface area (Å²) in [4.78, 5) is 37.7. The van der Waals surface area contributed by atoms with Gasteiger partial charge in [-0.25, -0.2) is 4.79 Å². The molecule has 2 atom stereocenters. The van der Waals surface area contributed by atoms with E-state index in [9.17, 15) is 14.4 Å². The normalized spacial score (nSPS) is 12.3. The third kappa shape index (κ3) is 9.61. The monoisotopic (exact) mass is 517 g/mol. The van der Waals surface area contributed by atoms with Gasteiger partial charge in [0.05, 0.1) is 0 Å². The Balaban J connectivity index is 1.60. The Kier molecular flexibility index (Phi) is 10.7. The number of carbonyl (C=O) groups is 3. The van der Waals surface area contributed by atoms with E-state index >= 15 is 0 Å². The van der Waals surface area contributed by atoms with Crippen molar-refractivity contribution in [2.24, 2.45) is 11.7 Å². The van der Waals surface area contributed by atoms with Crippen LogP contribution in [0, 0.1) is 5.92 Å². The topological polar surface area (TPSA) is 120 Å². The maximum Gasteiger partial charge on any atom is 0.408 e. The number of ether oxygens (including phenoxy) is 2. The zero-order valence-electron chi connectivity index (χ0n) is 21.8. The maximum absolute atomic E-state index is 13.1. The first-order chi connectivity index (χ1) is 18.3. The summed E-state index contributed by atoms with van der Waals surface area (Å²) in [6.45, 7) is 4.35. The molecule has 0 fully saturated rings. The number of carbonyl (C=O) groups excluding carboxylic acids is 3. The van der Waals surface area contributed by atoms with Crippen LogP contribution in [-0.4, -0.2) is 30.0 Å². The van der Waals surface area contributed by atoms with Crippen molar-refractivity contribution < 1.29 is 23.9 Å². The highest BCUT2D eigenvalue weighted by Crippen LogP contribution is 2.17. The Hall–Kier alpha value is -4.33. The molecule has 0 saturated carbocycles. The lowest BCUT2D eigenvalue weighted by Gasteiger charge is -2.23. The zero-order chi connectivity index (χ0) is 27.3. The number of benzene rings is 3. The molecule has 0 radical (unpaired) electrons. The standard InChI is InChI=1S/C30H35N3O5/c1-21(2)16-27(33-30(36)38-20-23-12-7-4-8-13-23)29(35)32-26(28(31)34)18-24-14-9-15-25(17-24)37-19-22-10-5-3-6-11-22/h3-15,17,21,26-27H,16,18-20H2,1-2H3,(H2,31,34)(H,32,35)(H,33,36)/t26-,27-/m0/s1. The Labute approximate surface area is 223 Å². The molecule has 3 amide bonds. The van der Waals surface area contributed by atoms with Gasteiger partial charge in [0.15, 0.2) is 0 Å². The van der Waals surface area contributed by atoms with Gasteiger partial charge >= 0.3 is 6.09 Å². The highest BCUT2D eigenvalue weighted by molar-refractivity contribution is 5.90.